The van der Waals surface area contributed by atoms with Crippen molar-refractivity contribution in [3.8, 4) is 0 Å². The van der Waals surface area contributed by atoms with E-state index in [9.17, 15) is 4.79 Å². The minimum atomic E-state index is -0.290. The van der Waals surface area contributed by atoms with Crippen LogP contribution in [0, 0.1) is 12.8 Å². The van der Waals surface area contributed by atoms with Crippen molar-refractivity contribution in [1.82, 2.24) is 20.4 Å². The maximum atomic E-state index is 13.0. The van der Waals surface area contributed by atoms with E-state index in [1.807, 2.05) is 13.0 Å². The molecule has 3 aromatic rings. The molecule has 3 heterocycles. The van der Waals surface area contributed by atoms with Crippen LogP contribution in [0.4, 0.5) is 0 Å². The zero-order valence-corrected chi connectivity index (χ0v) is 18.8. The van der Waals surface area contributed by atoms with Crippen LogP contribution in [0.1, 0.15) is 48.9 Å². The monoisotopic (exact) mass is 424 g/mol. The lowest BCUT2D eigenvalue weighted by molar-refractivity contribution is -0.123. The molecular formula is C24H32N4O3. The Morgan fingerprint density at radius 3 is 2.97 bits per heavy atom. The highest BCUT2D eigenvalue weighted by Gasteiger charge is 2.30. The van der Waals surface area contributed by atoms with Crippen LogP contribution in [0.3, 0.4) is 0 Å². The van der Waals surface area contributed by atoms with E-state index in [1.54, 1.807) is 7.11 Å². The van der Waals surface area contributed by atoms with Crippen LogP contribution in [-0.4, -0.2) is 41.9 Å². The lowest BCUT2D eigenvalue weighted by Crippen LogP contribution is -2.47. The second kappa shape index (κ2) is 9.24. The standard InChI is InChI=1S/C24H32N4O3/c1-15(2)10-20-19-6-5-7-22-23(19)17(12-21(26-20)24(29)25-8-9-30-4)13-28(22)14-18-11-16(3)31-27-18/h5-7,11,13,15,20-21,26H,8-10,12,14H2,1-4H3,(H,25,29). The second-order valence-electron chi connectivity index (χ2n) is 8.84. The highest BCUT2D eigenvalue weighted by molar-refractivity contribution is 5.90. The Morgan fingerprint density at radius 2 is 2.26 bits per heavy atom. The largest absolute Gasteiger partial charge is 0.383 e. The van der Waals surface area contributed by atoms with Gasteiger partial charge in [-0.2, -0.15) is 0 Å². The van der Waals surface area contributed by atoms with Crippen LogP contribution in [-0.2, 0) is 22.5 Å². The molecule has 0 spiro atoms. The molecule has 7 heteroatoms. The van der Waals surface area contributed by atoms with Crippen LogP contribution < -0.4 is 10.6 Å². The molecule has 1 aliphatic heterocycles. The van der Waals surface area contributed by atoms with Crippen molar-refractivity contribution in [2.24, 2.45) is 5.92 Å². The molecule has 0 radical (unpaired) electrons. The number of aryl methyl sites for hydroxylation is 1. The topological polar surface area (TPSA) is 81.3 Å². The van der Waals surface area contributed by atoms with Crippen LogP contribution in [0.15, 0.2) is 35.0 Å². The second-order valence-corrected chi connectivity index (χ2v) is 8.84. The van der Waals surface area contributed by atoms with Crippen molar-refractivity contribution >= 4 is 16.8 Å². The van der Waals surface area contributed by atoms with Crippen LogP contribution in [0.2, 0.25) is 0 Å². The SMILES string of the molecule is COCCNC(=O)C1Cc2cn(Cc3cc(C)on3)c3cccc(c23)C(CC(C)C)N1. The summed E-state index contributed by atoms with van der Waals surface area (Å²) in [5.41, 5.74) is 4.53. The highest BCUT2D eigenvalue weighted by atomic mass is 16.5. The smallest absolute Gasteiger partial charge is 0.237 e. The van der Waals surface area contributed by atoms with E-state index in [0.717, 1.165) is 17.9 Å². The molecule has 166 valence electrons. The summed E-state index contributed by atoms with van der Waals surface area (Å²) in [4.78, 5) is 13.0. The average molecular weight is 425 g/mol. The molecule has 7 nitrogen and oxygen atoms in total. The summed E-state index contributed by atoms with van der Waals surface area (Å²) in [5.74, 6) is 1.33. The fraction of sp³-hybridized carbons (Fsp3) is 0.500. The van der Waals surface area contributed by atoms with E-state index in [2.05, 4.69) is 58.6 Å². The lowest BCUT2D eigenvalue weighted by atomic mass is 9.94. The molecule has 2 atom stereocenters. The first kappa shape index (κ1) is 21.6. The minimum absolute atomic E-state index is 0.0200. The number of amides is 1. The van der Waals surface area contributed by atoms with E-state index in [0.29, 0.717) is 32.0 Å². The Kier molecular flexibility index (Phi) is 6.43. The number of methoxy groups -OCH3 is 1. The maximum absolute atomic E-state index is 13.0. The van der Waals surface area contributed by atoms with Crippen molar-refractivity contribution in [2.75, 3.05) is 20.3 Å². The third-order valence-corrected chi connectivity index (χ3v) is 5.86. The number of ether oxygens (including phenoxy) is 1. The first-order valence-corrected chi connectivity index (χ1v) is 11.0. The van der Waals surface area contributed by atoms with Gasteiger partial charge in [0, 0.05) is 42.9 Å². The number of aromatic nitrogens is 2. The Labute approximate surface area is 183 Å². The molecule has 0 aliphatic carbocycles. The average Bonchev–Trinajstić information content (AvgIpc) is 3.25. The number of benzene rings is 1. The number of hydrogen-bond donors (Lipinski definition) is 2. The van der Waals surface area contributed by atoms with Crippen molar-refractivity contribution in [3.05, 3.63) is 53.0 Å². The van der Waals surface area contributed by atoms with Gasteiger partial charge >= 0.3 is 0 Å². The summed E-state index contributed by atoms with van der Waals surface area (Å²) < 4.78 is 12.6. The Bertz CT molecular complexity index is 1050. The number of nitrogens with zero attached hydrogens (tertiary/aromatic N) is 2. The van der Waals surface area contributed by atoms with Gasteiger partial charge in [0.2, 0.25) is 5.91 Å². The molecule has 1 aliphatic rings. The number of nitrogens with one attached hydrogen (secondary N) is 2. The van der Waals surface area contributed by atoms with E-state index in [4.69, 9.17) is 9.26 Å². The van der Waals surface area contributed by atoms with Gasteiger partial charge in [0.1, 0.15) is 11.5 Å². The Hall–Kier alpha value is -2.64. The molecule has 1 aromatic carbocycles. The number of hydrogen-bond acceptors (Lipinski definition) is 5. The Balaban J connectivity index is 1.72. The van der Waals surface area contributed by atoms with Gasteiger partial charge in [-0.3, -0.25) is 10.1 Å². The zero-order valence-electron chi connectivity index (χ0n) is 18.8. The predicted molar refractivity (Wildman–Crippen MR) is 120 cm³/mol. The molecule has 2 N–H and O–H groups in total. The van der Waals surface area contributed by atoms with Gasteiger partial charge in [-0.05, 0) is 42.9 Å². The summed E-state index contributed by atoms with van der Waals surface area (Å²) in [6.07, 6.45) is 3.78. The minimum Gasteiger partial charge on any atom is -0.383 e. The molecule has 31 heavy (non-hydrogen) atoms. The van der Waals surface area contributed by atoms with Gasteiger partial charge in [0.25, 0.3) is 0 Å². The van der Waals surface area contributed by atoms with E-state index in [1.165, 1.54) is 22.0 Å². The van der Waals surface area contributed by atoms with E-state index in [-0.39, 0.29) is 18.0 Å². The Morgan fingerprint density at radius 1 is 1.42 bits per heavy atom. The molecule has 0 fully saturated rings. The molecule has 0 saturated carbocycles. The molecule has 0 bridgehead atoms. The van der Waals surface area contributed by atoms with Gasteiger partial charge in [-0.1, -0.05) is 31.1 Å². The van der Waals surface area contributed by atoms with E-state index >= 15 is 0 Å². The summed E-state index contributed by atoms with van der Waals surface area (Å²) in [6.45, 7) is 8.01. The number of carbonyl (C=O) groups is 1. The van der Waals surface area contributed by atoms with Crippen LogP contribution in [0.5, 0.6) is 0 Å². The molecule has 2 unspecified atom stereocenters. The van der Waals surface area contributed by atoms with Gasteiger partial charge in [-0.15, -0.1) is 0 Å². The van der Waals surface area contributed by atoms with Gasteiger partial charge in [0.05, 0.1) is 19.2 Å². The number of rotatable bonds is 8. The maximum Gasteiger partial charge on any atom is 0.237 e. The summed E-state index contributed by atoms with van der Waals surface area (Å²) in [5, 5.41) is 12.1. The molecule has 1 amide bonds. The molecule has 2 aromatic heterocycles. The molecular weight excluding hydrogens is 392 g/mol. The quantitative estimate of drug-likeness (QED) is 0.542. The zero-order chi connectivity index (χ0) is 22.0. The van der Waals surface area contributed by atoms with E-state index < -0.39 is 0 Å². The summed E-state index contributed by atoms with van der Waals surface area (Å²) in [7, 11) is 1.64. The third kappa shape index (κ3) is 4.67. The van der Waals surface area contributed by atoms with Crippen molar-refractivity contribution < 1.29 is 14.1 Å². The van der Waals surface area contributed by atoms with Crippen molar-refractivity contribution in [3.63, 3.8) is 0 Å². The summed E-state index contributed by atoms with van der Waals surface area (Å²) in [6, 6.07) is 8.26. The van der Waals surface area contributed by atoms with Gasteiger partial charge < -0.3 is 19.1 Å². The predicted octanol–water partition coefficient (Wildman–Crippen LogP) is 3.35. The van der Waals surface area contributed by atoms with Crippen LogP contribution in [0.25, 0.3) is 10.9 Å². The number of carbonyl (C=O) groups excluding carboxylic acids is 1. The van der Waals surface area contributed by atoms with Crippen molar-refractivity contribution in [2.45, 2.75) is 52.2 Å². The fourth-order valence-electron chi connectivity index (χ4n) is 4.56. The van der Waals surface area contributed by atoms with Gasteiger partial charge in [0.15, 0.2) is 0 Å². The summed E-state index contributed by atoms with van der Waals surface area (Å²) >= 11 is 0. The lowest BCUT2D eigenvalue weighted by Gasteiger charge is -2.25. The van der Waals surface area contributed by atoms with Crippen molar-refractivity contribution in [1.29, 1.82) is 0 Å². The first-order valence-electron chi connectivity index (χ1n) is 11.0. The van der Waals surface area contributed by atoms with Crippen LogP contribution >= 0.6 is 0 Å². The third-order valence-electron chi connectivity index (χ3n) is 5.86. The molecule has 4 rings (SSSR count). The molecule has 0 saturated heterocycles. The highest BCUT2D eigenvalue weighted by Crippen LogP contribution is 2.36. The first-order chi connectivity index (χ1) is 15.0. The fourth-order valence-corrected chi connectivity index (χ4v) is 4.56. The normalized spacial score (nSPS) is 18.5. The van der Waals surface area contributed by atoms with Gasteiger partial charge in [-0.25, -0.2) is 0 Å².